The van der Waals surface area contributed by atoms with Crippen molar-refractivity contribution < 1.29 is 18.5 Å². The zero-order valence-corrected chi connectivity index (χ0v) is 16.5. The third-order valence-electron chi connectivity index (χ3n) is 5.37. The lowest BCUT2D eigenvalue weighted by Crippen LogP contribution is -2.58. The van der Waals surface area contributed by atoms with Crippen molar-refractivity contribution in [3.05, 3.63) is 0 Å². The van der Waals surface area contributed by atoms with Crippen LogP contribution in [0.2, 0.25) is 0 Å². The van der Waals surface area contributed by atoms with Crippen molar-refractivity contribution in [2.45, 2.75) is 57.0 Å². The zero-order valence-electron chi connectivity index (χ0n) is 15.7. The Kier molecular flexibility index (Phi) is 6.95. The van der Waals surface area contributed by atoms with Gasteiger partial charge in [0.1, 0.15) is 6.04 Å². The van der Waals surface area contributed by atoms with Gasteiger partial charge in [0, 0.05) is 38.5 Å². The molecule has 5 unspecified atom stereocenters. The third kappa shape index (κ3) is 4.21. The SMILES string of the molecule is CN[C@@H](C)C(=O)NC(C(=O)N1CCC2C1CCN2S(C)=O)C(C)OC. The summed E-state index contributed by atoms with van der Waals surface area (Å²) in [7, 11) is 2.20. The van der Waals surface area contributed by atoms with Crippen LogP contribution in [0.25, 0.3) is 0 Å². The highest BCUT2D eigenvalue weighted by Gasteiger charge is 2.47. The minimum atomic E-state index is -1.02. The Morgan fingerprint density at radius 1 is 1.20 bits per heavy atom. The third-order valence-corrected chi connectivity index (χ3v) is 6.48. The van der Waals surface area contributed by atoms with Crippen LogP contribution in [0.3, 0.4) is 0 Å². The molecule has 0 spiro atoms. The van der Waals surface area contributed by atoms with Gasteiger partial charge in [-0.1, -0.05) is 0 Å². The molecule has 2 heterocycles. The van der Waals surface area contributed by atoms with E-state index in [0.29, 0.717) is 6.54 Å². The zero-order chi connectivity index (χ0) is 18.7. The molecule has 2 saturated heterocycles. The number of carbonyl (C=O) groups is 2. The topological polar surface area (TPSA) is 91.0 Å². The first-order valence-corrected chi connectivity index (χ1v) is 10.2. The fourth-order valence-electron chi connectivity index (χ4n) is 3.64. The highest BCUT2D eigenvalue weighted by atomic mass is 32.2. The van der Waals surface area contributed by atoms with Crippen LogP contribution in [0.15, 0.2) is 0 Å². The largest absolute Gasteiger partial charge is 0.379 e. The second-order valence-electron chi connectivity index (χ2n) is 6.75. The van der Waals surface area contributed by atoms with Crippen molar-refractivity contribution in [3.63, 3.8) is 0 Å². The van der Waals surface area contributed by atoms with Crippen LogP contribution < -0.4 is 10.6 Å². The summed E-state index contributed by atoms with van der Waals surface area (Å²) in [6.45, 7) is 4.87. The maximum Gasteiger partial charge on any atom is 0.248 e. The molecular weight excluding hydrogens is 344 g/mol. The number of nitrogens with one attached hydrogen (secondary N) is 2. The lowest BCUT2D eigenvalue weighted by atomic mass is 10.1. The summed E-state index contributed by atoms with van der Waals surface area (Å²) in [6, 6.07) is -0.926. The van der Waals surface area contributed by atoms with E-state index in [1.165, 1.54) is 7.11 Å². The van der Waals surface area contributed by atoms with E-state index in [9.17, 15) is 13.8 Å². The van der Waals surface area contributed by atoms with Gasteiger partial charge in [-0.05, 0) is 33.7 Å². The number of likely N-dealkylation sites (N-methyl/N-ethyl adjacent to an activating group) is 1. The molecule has 25 heavy (non-hydrogen) atoms. The van der Waals surface area contributed by atoms with Gasteiger partial charge < -0.3 is 20.3 Å². The van der Waals surface area contributed by atoms with Gasteiger partial charge in [0.15, 0.2) is 0 Å². The van der Waals surface area contributed by atoms with Gasteiger partial charge >= 0.3 is 0 Å². The van der Waals surface area contributed by atoms with E-state index >= 15 is 0 Å². The highest BCUT2D eigenvalue weighted by molar-refractivity contribution is 7.81. The highest BCUT2D eigenvalue weighted by Crippen LogP contribution is 2.32. The first-order valence-electron chi connectivity index (χ1n) is 8.72. The standard InChI is InChI=1S/C16H30N4O4S/c1-10(17-3)15(21)18-14(11(2)24-4)16(22)19-8-6-13-12(19)7-9-20(13)25(5)23/h10-14,17H,6-9H2,1-5H3,(H,18,21)/t10-,11?,12?,13?,14?,25?/m0/s1. The molecule has 2 aliphatic heterocycles. The Balaban J connectivity index is 2.12. The van der Waals surface area contributed by atoms with Crippen molar-refractivity contribution in [2.24, 2.45) is 0 Å². The molecule has 9 heteroatoms. The average molecular weight is 375 g/mol. The van der Waals surface area contributed by atoms with Crippen molar-refractivity contribution in [3.8, 4) is 0 Å². The molecule has 2 rings (SSSR count). The molecule has 2 amide bonds. The molecular formula is C16H30N4O4S. The molecule has 144 valence electrons. The Labute approximate surface area is 152 Å². The monoisotopic (exact) mass is 374 g/mol. The first-order chi connectivity index (χ1) is 11.8. The van der Waals surface area contributed by atoms with E-state index in [1.807, 2.05) is 9.21 Å². The molecule has 2 aliphatic rings. The molecule has 0 aromatic rings. The molecule has 0 aromatic carbocycles. The molecule has 0 aliphatic carbocycles. The maximum absolute atomic E-state index is 13.1. The molecule has 0 bridgehead atoms. The van der Waals surface area contributed by atoms with Gasteiger partial charge in [-0.25, -0.2) is 8.51 Å². The van der Waals surface area contributed by atoms with Crippen LogP contribution in [0, 0.1) is 0 Å². The van der Waals surface area contributed by atoms with E-state index in [2.05, 4.69) is 10.6 Å². The Bertz CT molecular complexity index is 532. The molecule has 8 nitrogen and oxygen atoms in total. The Hall–Kier alpha value is -1.03. The van der Waals surface area contributed by atoms with Gasteiger partial charge in [0.2, 0.25) is 11.8 Å². The molecule has 0 radical (unpaired) electrons. The van der Waals surface area contributed by atoms with Crippen LogP contribution in [0.4, 0.5) is 0 Å². The number of ether oxygens (including phenoxy) is 1. The number of likely N-dealkylation sites (tertiary alicyclic amines) is 1. The minimum absolute atomic E-state index is 0.0570. The smallest absolute Gasteiger partial charge is 0.248 e. The Morgan fingerprint density at radius 2 is 1.84 bits per heavy atom. The predicted octanol–water partition coefficient (Wildman–Crippen LogP) is -0.917. The van der Waals surface area contributed by atoms with Crippen molar-refractivity contribution in [2.75, 3.05) is 33.5 Å². The number of methoxy groups -OCH3 is 1. The fraction of sp³-hybridized carbons (Fsp3) is 0.875. The van der Waals surface area contributed by atoms with E-state index in [0.717, 1.165) is 19.4 Å². The van der Waals surface area contributed by atoms with E-state index in [4.69, 9.17) is 4.74 Å². The minimum Gasteiger partial charge on any atom is -0.379 e. The summed E-state index contributed by atoms with van der Waals surface area (Å²) in [5.74, 6) is -0.356. The van der Waals surface area contributed by atoms with Crippen molar-refractivity contribution in [1.29, 1.82) is 0 Å². The number of fused-ring (bicyclic) bond motifs is 1. The maximum atomic E-state index is 13.1. The van der Waals surface area contributed by atoms with Crippen LogP contribution >= 0.6 is 0 Å². The second-order valence-corrected chi connectivity index (χ2v) is 8.06. The molecule has 0 saturated carbocycles. The predicted molar refractivity (Wildman–Crippen MR) is 96.2 cm³/mol. The quantitative estimate of drug-likeness (QED) is 0.602. The lowest BCUT2D eigenvalue weighted by molar-refractivity contribution is -0.141. The van der Waals surface area contributed by atoms with Crippen LogP contribution in [0.5, 0.6) is 0 Å². The molecule has 0 aromatic heterocycles. The van der Waals surface area contributed by atoms with Gasteiger partial charge in [-0.3, -0.25) is 9.59 Å². The van der Waals surface area contributed by atoms with Crippen molar-refractivity contribution in [1.82, 2.24) is 19.8 Å². The van der Waals surface area contributed by atoms with Crippen LogP contribution in [-0.4, -0.2) is 89.0 Å². The average Bonchev–Trinajstić information content (AvgIpc) is 3.18. The van der Waals surface area contributed by atoms with Crippen molar-refractivity contribution >= 4 is 22.8 Å². The summed E-state index contributed by atoms with van der Waals surface area (Å²) >= 11 is 0. The molecule has 6 atom stereocenters. The van der Waals surface area contributed by atoms with E-state index in [1.54, 1.807) is 27.2 Å². The lowest BCUT2D eigenvalue weighted by Gasteiger charge is -2.31. The second kappa shape index (κ2) is 8.57. The molecule has 2 N–H and O–H groups in total. The first kappa shape index (κ1) is 20.3. The van der Waals surface area contributed by atoms with Crippen LogP contribution in [0.1, 0.15) is 26.7 Å². The van der Waals surface area contributed by atoms with Crippen LogP contribution in [-0.2, 0) is 25.3 Å². The fourth-order valence-corrected chi connectivity index (χ4v) is 4.63. The number of hydrogen-bond acceptors (Lipinski definition) is 5. The van der Waals surface area contributed by atoms with Gasteiger partial charge in [0.05, 0.1) is 23.1 Å². The summed E-state index contributed by atoms with van der Waals surface area (Å²) in [5.41, 5.74) is 0. The number of carbonyl (C=O) groups excluding carboxylic acids is 2. The summed E-state index contributed by atoms with van der Waals surface area (Å²) in [6.07, 6.45) is 2.87. The van der Waals surface area contributed by atoms with Gasteiger partial charge in [-0.2, -0.15) is 0 Å². The Morgan fingerprint density at radius 3 is 2.40 bits per heavy atom. The normalized spacial score (nSPS) is 28.3. The molecule has 2 fully saturated rings. The summed E-state index contributed by atoms with van der Waals surface area (Å²) in [5, 5.41) is 5.69. The van der Waals surface area contributed by atoms with E-state index < -0.39 is 29.2 Å². The number of nitrogens with zero attached hydrogens (tertiary/aromatic N) is 2. The van der Waals surface area contributed by atoms with E-state index in [-0.39, 0.29) is 23.9 Å². The number of hydrogen-bond donors (Lipinski definition) is 2. The number of rotatable bonds is 7. The van der Waals surface area contributed by atoms with Gasteiger partial charge in [-0.15, -0.1) is 0 Å². The van der Waals surface area contributed by atoms with Gasteiger partial charge in [0.25, 0.3) is 0 Å². The number of amides is 2. The summed E-state index contributed by atoms with van der Waals surface area (Å²) < 4.78 is 19.2. The summed E-state index contributed by atoms with van der Waals surface area (Å²) in [4.78, 5) is 27.2.